The number of hydrogen-bond donors (Lipinski definition) is 0. The Hall–Kier alpha value is -0.530. The molecule has 0 aromatic rings. The summed E-state index contributed by atoms with van der Waals surface area (Å²) in [6.45, 7) is 7.47. The molecule has 23 heavy (non-hydrogen) atoms. The van der Waals surface area contributed by atoms with E-state index in [1.54, 1.807) is 13.8 Å². The van der Waals surface area contributed by atoms with Crippen LogP contribution in [-0.2, 0) is 9.53 Å². The van der Waals surface area contributed by atoms with Crippen LogP contribution in [0.2, 0.25) is 0 Å². The fraction of sp³-hybridized carbons (Fsp3) is 0.933. The first-order valence-electron chi connectivity index (χ1n) is 7.57. The van der Waals surface area contributed by atoms with Gasteiger partial charge in [0.2, 0.25) is 6.17 Å². The molecule has 0 bridgehead atoms. The Morgan fingerprint density at radius 3 is 2.22 bits per heavy atom. The maximum Gasteiger partial charge on any atom is 0.321 e. The topological polar surface area (TPSA) is 26.3 Å². The smallest absolute Gasteiger partial charge is 0.321 e. The monoisotopic (exact) mass is 364 g/mol. The van der Waals surface area contributed by atoms with Crippen molar-refractivity contribution in [1.29, 1.82) is 0 Å². The molecule has 0 heterocycles. The Morgan fingerprint density at radius 2 is 1.78 bits per heavy atom. The highest BCUT2D eigenvalue weighted by Crippen LogP contribution is 2.35. The van der Waals surface area contributed by atoms with Crippen molar-refractivity contribution in [3.05, 3.63) is 0 Å². The summed E-state index contributed by atoms with van der Waals surface area (Å²) >= 11 is 1.13. The van der Waals surface area contributed by atoms with Gasteiger partial charge in [-0.25, -0.2) is 22.0 Å². The van der Waals surface area contributed by atoms with E-state index in [2.05, 4.69) is 0 Å². The molecule has 0 aromatic heterocycles. The van der Waals surface area contributed by atoms with E-state index in [-0.39, 0.29) is 24.7 Å². The summed E-state index contributed by atoms with van der Waals surface area (Å²) in [6.07, 6.45) is -7.87. The van der Waals surface area contributed by atoms with Gasteiger partial charge in [-0.15, -0.1) is 11.8 Å². The molecule has 0 fully saturated rings. The van der Waals surface area contributed by atoms with Crippen LogP contribution in [0.4, 0.5) is 22.0 Å². The number of alkyl halides is 5. The second-order valence-electron chi connectivity index (χ2n) is 6.03. The minimum Gasteiger partial charge on any atom is -0.464 e. The normalized spacial score (nSPS) is 16.5. The van der Waals surface area contributed by atoms with Crippen molar-refractivity contribution in [2.24, 2.45) is 5.92 Å². The van der Waals surface area contributed by atoms with Gasteiger partial charge in [0.1, 0.15) is 4.75 Å². The van der Waals surface area contributed by atoms with Gasteiger partial charge in [0, 0.05) is 6.42 Å². The first-order valence-corrected chi connectivity index (χ1v) is 8.56. The zero-order valence-corrected chi connectivity index (χ0v) is 14.7. The molecule has 8 heteroatoms. The lowest BCUT2D eigenvalue weighted by Gasteiger charge is -2.26. The number of halogens is 5. The van der Waals surface area contributed by atoms with E-state index >= 15 is 0 Å². The number of carbonyl (C=O) groups is 1. The molecule has 0 aliphatic rings. The summed E-state index contributed by atoms with van der Waals surface area (Å²) < 4.78 is 67.4. The van der Waals surface area contributed by atoms with Crippen molar-refractivity contribution in [3.63, 3.8) is 0 Å². The summed E-state index contributed by atoms with van der Waals surface area (Å²) in [5.74, 6) is -4.18. The molecule has 0 spiro atoms. The van der Waals surface area contributed by atoms with Gasteiger partial charge in [0.05, 0.1) is 6.61 Å². The molecule has 0 radical (unpaired) electrons. The van der Waals surface area contributed by atoms with Crippen LogP contribution in [0.5, 0.6) is 0 Å². The maximum absolute atomic E-state index is 13.2. The molecule has 2 atom stereocenters. The Kier molecular flexibility index (Phi) is 9.47. The summed E-state index contributed by atoms with van der Waals surface area (Å²) in [6, 6.07) is 0. The third kappa shape index (κ3) is 7.72. The molecule has 0 saturated carbocycles. The average Bonchev–Trinajstić information content (AvgIpc) is 2.47. The van der Waals surface area contributed by atoms with Crippen LogP contribution >= 0.6 is 11.8 Å². The predicted molar refractivity (Wildman–Crippen MR) is 82.0 cm³/mol. The zero-order chi connectivity index (χ0) is 18.3. The van der Waals surface area contributed by atoms with Crippen molar-refractivity contribution in [1.82, 2.24) is 0 Å². The van der Waals surface area contributed by atoms with Crippen molar-refractivity contribution in [2.45, 2.75) is 70.2 Å². The lowest BCUT2D eigenvalue weighted by molar-refractivity contribution is -0.147. The highest BCUT2D eigenvalue weighted by Gasteiger charge is 2.45. The molecule has 0 aliphatic carbocycles. The standard InChI is InChI=1S/C15H25F5O2S/c1-5-14(4,13(21)22-9-10(2)3)23-8-6-7-15(19,20)11(16)12(17)18/h10-12H,5-9H2,1-4H3. The van der Waals surface area contributed by atoms with E-state index in [0.29, 0.717) is 6.42 Å². The lowest BCUT2D eigenvalue weighted by atomic mass is 10.1. The number of ether oxygens (including phenoxy) is 1. The number of rotatable bonds is 11. The molecule has 138 valence electrons. The van der Waals surface area contributed by atoms with Crippen LogP contribution in [0.15, 0.2) is 0 Å². The van der Waals surface area contributed by atoms with Gasteiger partial charge in [-0.3, -0.25) is 4.79 Å². The Bertz CT molecular complexity index is 366. The summed E-state index contributed by atoms with van der Waals surface area (Å²) in [4.78, 5) is 12.0. The first-order chi connectivity index (χ1) is 10.5. The average molecular weight is 364 g/mol. The van der Waals surface area contributed by atoms with Crippen LogP contribution in [0, 0.1) is 5.92 Å². The summed E-state index contributed by atoms with van der Waals surface area (Å²) in [7, 11) is 0. The minimum atomic E-state index is -4.06. The summed E-state index contributed by atoms with van der Waals surface area (Å²) in [5.41, 5.74) is 0. The van der Waals surface area contributed by atoms with E-state index in [1.165, 1.54) is 0 Å². The van der Waals surface area contributed by atoms with Gasteiger partial charge in [-0.05, 0) is 31.4 Å². The van der Waals surface area contributed by atoms with E-state index in [0.717, 1.165) is 11.8 Å². The SMILES string of the molecule is CCC(C)(SCCCC(F)(F)C(F)C(F)F)C(=O)OCC(C)C. The van der Waals surface area contributed by atoms with E-state index in [9.17, 15) is 26.7 Å². The van der Waals surface area contributed by atoms with Gasteiger partial charge >= 0.3 is 5.97 Å². The molecule has 0 amide bonds. The van der Waals surface area contributed by atoms with E-state index in [1.807, 2.05) is 13.8 Å². The molecule has 0 rings (SSSR count). The van der Waals surface area contributed by atoms with E-state index < -0.39 is 35.7 Å². The largest absolute Gasteiger partial charge is 0.464 e. The Morgan fingerprint density at radius 1 is 1.22 bits per heavy atom. The number of esters is 1. The Balaban J connectivity index is 4.38. The first kappa shape index (κ1) is 22.5. The van der Waals surface area contributed by atoms with Crippen molar-refractivity contribution >= 4 is 17.7 Å². The fourth-order valence-electron chi connectivity index (χ4n) is 1.63. The van der Waals surface area contributed by atoms with Gasteiger partial charge in [-0.1, -0.05) is 20.8 Å². The van der Waals surface area contributed by atoms with Gasteiger partial charge in [-0.2, -0.15) is 0 Å². The molecular weight excluding hydrogens is 339 g/mol. The summed E-state index contributed by atoms with van der Waals surface area (Å²) in [5, 5.41) is 0. The van der Waals surface area contributed by atoms with Gasteiger partial charge < -0.3 is 4.74 Å². The predicted octanol–water partition coefficient (Wildman–Crippen LogP) is 5.11. The van der Waals surface area contributed by atoms with Gasteiger partial charge in [0.15, 0.2) is 0 Å². The molecular formula is C15H25F5O2S. The van der Waals surface area contributed by atoms with E-state index in [4.69, 9.17) is 4.74 Å². The van der Waals surface area contributed by atoms with Crippen LogP contribution in [0.25, 0.3) is 0 Å². The highest BCUT2D eigenvalue weighted by atomic mass is 32.2. The number of thioether (sulfide) groups is 1. The third-order valence-corrected chi connectivity index (χ3v) is 4.94. The molecule has 2 nitrogen and oxygen atoms in total. The molecule has 0 aromatic carbocycles. The number of carbonyl (C=O) groups excluding carboxylic acids is 1. The Labute approximate surface area is 138 Å². The van der Waals surface area contributed by atoms with Crippen LogP contribution in [-0.4, -0.2) is 41.6 Å². The minimum absolute atomic E-state index is 0.132. The molecule has 0 aliphatic heterocycles. The third-order valence-electron chi connectivity index (χ3n) is 3.35. The van der Waals surface area contributed by atoms with Crippen molar-refractivity contribution in [2.75, 3.05) is 12.4 Å². The van der Waals surface area contributed by atoms with Crippen molar-refractivity contribution < 1.29 is 31.5 Å². The van der Waals surface area contributed by atoms with Gasteiger partial charge in [0.25, 0.3) is 12.3 Å². The van der Waals surface area contributed by atoms with Crippen molar-refractivity contribution in [3.8, 4) is 0 Å². The molecule has 2 unspecified atom stereocenters. The second-order valence-corrected chi connectivity index (χ2v) is 7.62. The van der Waals surface area contributed by atoms with Crippen LogP contribution in [0.3, 0.4) is 0 Å². The van der Waals surface area contributed by atoms with Crippen LogP contribution in [0.1, 0.15) is 47.0 Å². The molecule has 0 saturated heterocycles. The number of hydrogen-bond acceptors (Lipinski definition) is 3. The van der Waals surface area contributed by atoms with Crippen LogP contribution < -0.4 is 0 Å². The highest BCUT2D eigenvalue weighted by molar-refractivity contribution is 8.01. The lowest BCUT2D eigenvalue weighted by Crippen LogP contribution is -2.36. The second kappa shape index (κ2) is 9.69. The fourth-order valence-corrected chi connectivity index (χ4v) is 2.75. The zero-order valence-electron chi connectivity index (χ0n) is 13.9. The molecule has 0 N–H and O–H groups in total. The maximum atomic E-state index is 13.2. The quantitative estimate of drug-likeness (QED) is 0.290.